The molecule has 0 aromatic heterocycles. The van der Waals surface area contributed by atoms with Gasteiger partial charge in [0.2, 0.25) is 0 Å². The number of ether oxygens (including phenoxy) is 2. The first-order chi connectivity index (χ1) is 10.0. The van der Waals surface area contributed by atoms with Gasteiger partial charge in [-0.3, -0.25) is 14.9 Å². The van der Waals surface area contributed by atoms with Crippen molar-refractivity contribution in [1.82, 2.24) is 5.32 Å². The number of rotatable bonds is 5. The molecule has 0 bridgehead atoms. The van der Waals surface area contributed by atoms with Gasteiger partial charge in [0, 0.05) is 18.6 Å². The lowest BCUT2D eigenvalue weighted by Crippen LogP contribution is -2.33. The maximum absolute atomic E-state index is 11.3. The van der Waals surface area contributed by atoms with Gasteiger partial charge in [-0.25, -0.2) is 4.79 Å². The molecule has 1 saturated heterocycles. The summed E-state index contributed by atoms with van der Waals surface area (Å²) >= 11 is 0. The molecule has 0 saturated carbocycles. The third-order valence-electron chi connectivity index (χ3n) is 3.05. The van der Waals surface area contributed by atoms with Gasteiger partial charge < -0.3 is 14.8 Å². The molecule has 1 aromatic rings. The van der Waals surface area contributed by atoms with E-state index in [2.05, 4.69) is 5.32 Å². The van der Waals surface area contributed by atoms with Gasteiger partial charge in [0.05, 0.1) is 4.92 Å². The van der Waals surface area contributed by atoms with Gasteiger partial charge >= 0.3 is 12.1 Å². The zero-order valence-corrected chi connectivity index (χ0v) is 11.3. The largest absolute Gasteiger partial charge is 0.463 e. The summed E-state index contributed by atoms with van der Waals surface area (Å²) in [6, 6.07) is 5.16. The van der Waals surface area contributed by atoms with Crippen molar-refractivity contribution in [3.8, 4) is 0 Å². The van der Waals surface area contributed by atoms with Crippen molar-refractivity contribution in [2.24, 2.45) is 0 Å². The van der Waals surface area contributed by atoms with E-state index in [1.807, 2.05) is 0 Å². The number of alkyl carbamates (subject to hydrolysis) is 1. The number of hydrogen-bond acceptors (Lipinski definition) is 6. The van der Waals surface area contributed by atoms with Crippen LogP contribution in [0.5, 0.6) is 0 Å². The van der Waals surface area contributed by atoms with Crippen LogP contribution in [-0.4, -0.2) is 29.6 Å². The molecule has 1 heterocycles. The second kappa shape index (κ2) is 6.21. The second-order valence-corrected chi connectivity index (χ2v) is 4.46. The Labute approximate surface area is 120 Å². The smallest absolute Gasteiger partial charge is 0.408 e. The number of nitrogens with one attached hydrogen (secondary N) is 1. The molecule has 1 aliphatic rings. The van der Waals surface area contributed by atoms with Crippen LogP contribution in [0, 0.1) is 10.1 Å². The molecule has 2 atom stereocenters. The number of cyclic esters (lactones) is 1. The molecule has 0 aliphatic carbocycles. The van der Waals surface area contributed by atoms with Crippen molar-refractivity contribution in [2.45, 2.75) is 25.5 Å². The van der Waals surface area contributed by atoms with Crippen molar-refractivity contribution in [3.63, 3.8) is 0 Å². The first kappa shape index (κ1) is 14.8. The molecule has 1 aromatic carbocycles. The number of nitro groups is 1. The van der Waals surface area contributed by atoms with E-state index < -0.39 is 23.2 Å². The van der Waals surface area contributed by atoms with Crippen LogP contribution in [0.1, 0.15) is 25.0 Å². The van der Waals surface area contributed by atoms with Crippen molar-refractivity contribution < 1.29 is 24.0 Å². The zero-order chi connectivity index (χ0) is 15.4. The van der Waals surface area contributed by atoms with Crippen molar-refractivity contribution in [1.29, 1.82) is 0 Å². The van der Waals surface area contributed by atoms with Gasteiger partial charge in [-0.1, -0.05) is 6.92 Å². The molecule has 0 unspecified atom stereocenters. The number of esters is 1. The summed E-state index contributed by atoms with van der Waals surface area (Å²) in [5, 5.41) is 13.2. The molecular weight excluding hydrogens is 280 g/mol. The van der Waals surface area contributed by atoms with Crippen LogP contribution in [-0.2, 0) is 14.3 Å². The van der Waals surface area contributed by atoms with Crippen LogP contribution in [0.15, 0.2) is 24.3 Å². The normalized spacial score (nSPS) is 20.5. The summed E-state index contributed by atoms with van der Waals surface area (Å²) < 4.78 is 10.1. The highest BCUT2D eigenvalue weighted by Crippen LogP contribution is 2.28. The minimum atomic E-state index is -0.650. The average Bonchev–Trinajstić information content (AvgIpc) is 2.85. The average molecular weight is 294 g/mol. The van der Waals surface area contributed by atoms with Crippen molar-refractivity contribution >= 4 is 17.7 Å². The SMILES string of the molecule is CCC(=O)OC[C@@H]1NC(=O)O[C@H]1c1ccc([N+](=O)[O-])cc1. The lowest BCUT2D eigenvalue weighted by molar-refractivity contribution is -0.384. The number of nitrogens with zero attached hydrogens (tertiary/aromatic N) is 1. The van der Waals surface area contributed by atoms with E-state index in [1.165, 1.54) is 24.3 Å². The third kappa shape index (κ3) is 3.47. The minimum absolute atomic E-state index is 0.0138. The van der Waals surface area contributed by atoms with E-state index in [0.717, 1.165) is 0 Å². The van der Waals surface area contributed by atoms with Gasteiger partial charge in [-0.05, 0) is 17.7 Å². The van der Waals surface area contributed by atoms with Gasteiger partial charge in [0.25, 0.3) is 5.69 Å². The van der Waals surface area contributed by atoms with E-state index in [4.69, 9.17) is 9.47 Å². The molecule has 8 nitrogen and oxygen atoms in total. The fourth-order valence-electron chi connectivity index (χ4n) is 1.96. The van der Waals surface area contributed by atoms with Crippen molar-refractivity contribution in [3.05, 3.63) is 39.9 Å². The highest BCUT2D eigenvalue weighted by atomic mass is 16.6. The van der Waals surface area contributed by atoms with E-state index in [0.29, 0.717) is 5.56 Å². The summed E-state index contributed by atoms with van der Waals surface area (Å²) in [7, 11) is 0. The molecular formula is C13H14N2O6. The van der Waals surface area contributed by atoms with Gasteiger partial charge in [0.15, 0.2) is 6.10 Å². The second-order valence-electron chi connectivity index (χ2n) is 4.46. The van der Waals surface area contributed by atoms with E-state index >= 15 is 0 Å². The number of amides is 1. The lowest BCUT2D eigenvalue weighted by Gasteiger charge is -2.16. The van der Waals surface area contributed by atoms with Crippen molar-refractivity contribution in [2.75, 3.05) is 6.61 Å². The monoisotopic (exact) mass is 294 g/mol. The Morgan fingerprint density at radius 2 is 2.10 bits per heavy atom. The maximum Gasteiger partial charge on any atom is 0.408 e. The number of nitro benzene ring substituents is 1. The Balaban J connectivity index is 2.10. The van der Waals surface area contributed by atoms with E-state index in [-0.39, 0.29) is 24.7 Å². The van der Waals surface area contributed by atoms with Crippen LogP contribution < -0.4 is 5.32 Å². The van der Waals surface area contributed by atoms with Crippen LogP contribution >= 0.6 is 0 Å². The van der Waals surface area contributed by atoms with Crippen LogP contribution in [0.4, 0.5) is 10.5 Å². The predicted octanol–water partition coefficient (Wildman–Crippen LogP) is 1.70. The fraction of sp³-hybridized carbons (Fsp3) is 0.385. The standard InChI is InChI=1S/C13H14N2O6/c1-2-11(16)20-7-10-12(21-13(17)14-10)8-3-5-9(6-4-8)15(18)19/h3-6,10,12H,2,7H2,1H3,(H,14,17)/t10-,12-/m0/s1. The molecule has 0 spiro atoms. The minimum Gasteiger partial charge on any atom is -0.463 e. The summed E-state index contributed by atoms with van der Waals surface area (Å²) in [5.74, 6) is -0.376. The number of carbonyl (C=O) groups is 2. The molecule has 8 heteroatoms. The first-order valence-electron chi connectivity index (χ1n) is 6.38. The number of hydrogen-bond donors (Lipinski definition) is 1. The molecule has 0 radical (unpaired) electrons. The zero-order valence-electron chi connectivity index (χ0n) is 11.3. The molecule has 21 heavy (non-hydrogen) atoms. The number of carbonyl (C=O) groups excluding carboxylic acids is 2. The molecule has 1 N–H and O–H groups in total. The molecule has 112 valence electrons. The van der Waals surface area contributed by atoms with Crippen LogP contribution in [0.25, 0.3) is 0 Å². The Kier molecular flexibility index (Phi) is 4.36. The quantitative estimate of drug-likeness (QED) is 0.503. The molecule has 1 fully saturated rings. The highest BCUT2D eigenvalue weighted by Gasteiger charge is 2.36. The maximum atomic E-state index is 11.3. The van der Waals surface area contributed by atoms with Gasteiger partial charge in [-0.2, -0.15) is 0 Å². The summed E-state index contributed by atoms with van der Waals surface area (Å²) in [6.45, 7) is 1.65. The third-order valence-corrected chi connectivity index (χ3v) is 3.05. The Morgan fingerprint density at radius 3 is 2.67 bits per heavy atom. The Morgan fingerprint density at radius 1 is 1.43 bits per heavy atom. The highest BCUT2D eigenvalue weighted by molar-refractivity contribution is 5.71. The number of benzene rings is 1. The van der Waals surface area contributed by atoms with Crippen LogP contribution in [0.2, 0.25) is 0 Å². The first-order valence-corrected chi connectivity index (χ1v) is 6.38. The molecule has 1 aliphatic heterocycles. The van der Waals surface area contributed by atoms with E-state index in [1.54, 1.807) is 6.92 Å². The molecule has 1 amide bonds. The lowest BCUT2D eigenvalue weighted by atomic mass is 10.0. The van der Waals surface area contributed by atoms with Crippen LogP contribution in [0.3, 0.4) is 0 Å². The predicted molar refractivity (Wildman–Crippen MR) is 70.5 cm³/mol. The topological polar surface area (TPSA) is 108 Å². The molecule has 2 rings (SSSR count). The summed E-state index contributed by atoms with van der Waals surface area (Å²) in [4.78, 5) is 32.6. The van der Waals surface area contributed by atoms with Gasteiger partial charge in [0.1, 0.15) is 12.6 Å². The van der Waals surface area contributed by atoms with E-state index in [9.17, 15) is 19.7 Å². The Bertz CT molecular complexity index is 556. The summed E-state index contributed by atoms with van der Waals surface area (Å²) in [6.07, 6.45) is -1.03. The summed E-state index contributed by atoms with van der Waals surface area (Å²) in [5.41, 5.74) is 0.543. The van der Waals surface area contributed by atoms with Gasteiger partial charge in [-0.15, -0.1) is 0 Å². The Hall–Kier alpha value is -2.64. The fourth-order valence-corrected chi connectivity index (χ4v) is 1.96. The number of non-ortho nitro benzene ring substituents is 1.